The molecule has 21 heavy (non-hydrogen) atoms. The van der Waals surface area contributed by atoms with Crippen LogP contribution in [0.25, 0.3) is 0 Å². The van der Waals surface area contributed by atoms with Gasteiger partial charge in [-0.2, -0.15) is 0 Å². The SMILES string of the molecule is COCCNCc1c(Cl)cccc1N1CC(C)OCC1C. The highest BCUT2D eigenvalue weighted by Gasteiger charge is 2.25. The molecule has 1 aromatic carbocycles. The molecule has 1 aliphatic rings. The number of anilines is 1. The van der Waals surface area contributed by atoms with Gasteiger partial charge in [-0.3, -0.25) is 0 Å². The summed E-state index contributed by atoms with van der Waals surface area (Å²) >= 11 is 6.42. The molecule has 2 unspecified atom stereocenters. The summed E-state index contributed by atoms with van der Waals surface area (Å²) in [4.78, 5) is 2.40. The molecule has 1 aromatic rings. The van der Waals surface area contributed by atoms with E-state index in [4.69, 9.17) is 21.1 Å². The average molecular weight is 313 g/mol. The second-order valence-electron chi connectivity index (χ2n) is 5.55. The molecular weight excluding hydrogens is 288 g/mol. The van der Waals surface area contributed by atoms with E-state index in [-0.39, 0.29) is 6.10 Å². The number of morpholine rings is 1. The molecule has 1 saturated heterocycles. The Bertz CT molecular complexity index is 456. The van der Waals surface area contributed by atoms with Crippen molar-refractivity contribution in [3.8, 4) is 0 Å². The Kier molecular flexibility index (Phi) is 6.30. The highest BCUT2D eigenvalue weighted by Crippen LogP contribution is 2.30. The fourth-order valence-corrected chi connectivity index (χ4v) is 2.85. The Morgan fingerprint density at radius 3 is 3.00 bits per heavy atom. The second-order valence-corrected chi connectivity index (χ2v) is 5.96. The molecule has 0 radical (unpaired) electrons. The van der Waals surface area contributed by atoms with Crippen molar-refractivity contribution < 1.29 is 9.47 Å². The minimum atomic E-state index is 0.245. The van der Waals surface area contributed by atoms with Crippen LogP contribution in [0.3, 0.4) is 0 Å². The molecule has 0 amide bonds. The highest BCUT2D eigenvalue weighted by molar-refractivity contribution is 6.31. The van der Waals surface area contributed by atoms with Gasteiger partial charge in [0.1, 0.15) is 0 Å². The number of methoxy groups -OCH3 is 1. The zero-order valence-electron chi connectivity index (χ0n) is 13.1. The van der Waals surface area contributed by atoms with E-state index >= 15 is 0 Å². The summed E-state index contributed by atoms with van der Waals surface area (Å²) in [5, 5.41) is 4.19. The smallest absolute Gasteiger partial charge is 0.0723 e. The van der Waals surface area contributed by atoms with E-state index in [0.29, 0.717) is 12.6 Å². The molecule has 1 aliphatic heterocycles. The van der Waals surface area contributed by atoms with Crippen LogP contribution in [-0.4, -0.2) is 45.6 Å². The maximum Gasteiger partial charge on any atom is 0.0723 e. The van der Waals surface area contributed by atoms with E-state index in [1.54, 1.807) is 7.11 Å². The molecule has 0 spiro atoms. The van der Waals surface area contributed by atoms with Crippen molar-refractivity contribution in [2.24, 2.45) is 0 Å². The number of nitrogens with zero attached hydrogens (tertiary/aromatic N) is 1. The van der Waals surface area contributed by atoms with Crippen LogP contribution in [0.1, 0.15) is 19.4 Å². The summed E-state index contributed by atoms with van der Waals surface area (Å²) < 4.78 is 10.8. The Morgan fingerprint density at radius 2 is 2.24 bits per heavy atom. The number of benzene rings is 1. The maximum absolute atomic E-state index is 6.42. The van der Waals surface area contributed by atoms with Crippen LogP contribution < -0.4 is 10.2 Å². The molecule has 0 bridgehead atoms. The van der Waals surface area contributed by atoms with E-state index < -0.39 is 0 Å². The van der Waals surface area contributed by atoms with E-state index in [1.807, 2.05) is 12.1 Å². The van der Waals surface area contributed by atoms with Gasteiger partial charge in [0.2, 0.25) is 0 Å². The molecule has 1 N–H and O–H groups in total. The Hall–Kier alpha value is -0.810. The van der Waals surface area contributed by atoms with Crippen LogP contribution in [-0.2, 0) is 16.0 Å². The van der Waals surface area contributed by atoms with Gasteiger partial charge in [0.15, 0.2) is 0 Å². The fourth-order valence-electron chi connectivity index (χ4n) is 2.62. The minimum Gasteiger partial charge on any atom is -0.383 e. The van der Waals surface area contributed by atoms with Crippen molar-refractivity contribution in [1.82, 2.24) is 5.32 Å². The molecule has 1 heterocycles. The molecule has 0 aliphatic carbocycles. The summed E-state index contributed by atoms with van der Waals surface area (Å²) in [5.74, 6) is 0. The lowest BCUT2D eigenvalue weighted by Gasteiger charge is -2.39. The van der Waals surface area contributed by atoms with Crippen LogP contribution in [0.4, 0.5) is 5.69 Å². The van der Waals surface area contributed by atoms with Crippen molar-refractivity contribution in [3.05, 3.63) is 28.8 Å². The lowest BCUT2D eigenvalue weighted by Crippen LogP contribution is -2.48. The third-order valence-electron chi connectivity index (χ3n) is 3.80. The van der Waals surface area contributed by atoms with E-state index in [1.165, 1.54) is 5.69 Å². The van der Waals surface area contributed by atoms with Gasteiger partial charge >= 0.3 is 0 Å². The topological polar surface area (TPSA) is 33.7 Å². The van der Waals surface area contributed by atoms with Crippen LogP contribution in [0.15, 0.2) is 18.2 Å². The number of hydrogen-bond donors (Lipinski definition) is 1. The van der Waals surface area contributed by atoms with Gasteiger partial charge < -0.3 is 19.7 Å². The highest BCUT2D eigenvalue weighted by atomic mass is 35.5. The first-order chi connectivity index (χ1) is 10.1. The first-order valence-electron chi connectivity index (χ1n) is 7.48. The standard InChI is InChI=1S/C16H25ClN2O2/c1-12-11-21-13(2)10-19(12)16-6-4-5-15(17)14(16)9-18-7-8-20-3/h4-6,12-13,18H,7-11H2,1-3H3. The summed E-state index contributed by atoms with van der Waals surface area (Å²) in [7, 11) is 1.71. The molecule has 2 rings (SSSR count). The van der Waals surface area contributed by atoms with Crippen molar-refractivity contribution in [1.29, 1.82) is 0 Å². The number of hydrogen-bond acceptors (Lipinski definition) is 4. The van der Waals surface area contributed by atoms with Crippen molar-refractivity contribution >= 4 is 17.3 Å². The van der Waals surface area contributed by atoms with Gasteiger partial charge in [0.25, 0.3) is 0 Å². The largest absolute Gasteiger partial charge is 0.383 e. The van der Waals surface area contributed by atoms with E-state index in [2.05, 4.69) is 30.1 Å². The van der Waals surface area contributed by atoms with Crippen LogP contribution in [0, 0.1) is 0 Å². The Morgan fingerprint density at radius 1 is 1.43 bits per heavy atom. The Labute approximate surface area is 132 Å². The summed E-state index contributed by atoms with van der Waals surface area (Å²) in [6.07, 6.45) is 0.245. The van der Waals surface area contributed by atoms with Gasteiger partial charge in [0, 0.05) is 49.1 Å². The molecule has 1 fully saturated rings. The summed E-state index contributed by atoms with van der Waals surface area (Å²) in [6.45, 7) is 8.21. The average Bonchev–Trinajstić information content (AvgIpc) is 2.47. The molecule has 0 saturated carbocycles. The maximum atomic E-state index is 6.42. The normalized spacial score (nSPS) is 22.6. The molecule has 5 heteroatoms. The quantitative estimate of drug-likeness (QED) is 0.819. The summed E-state index contributed by atoms with van der Waals surface area (Å²) in [5.41, 5.74) is 2.35. The number of rotatable bonds is 6. The number of nitrogens with one attached hydrogen (secondary N) is 1. The third kappa shape index (κ3) is 4.33. The number of halogens is 1. The first-order valence-corrected chi connectivity index (χ1v) is 7.86. The van der Waals surface area contributed by atoms with Crippen molar-refractivity contribution in [3.63, 3.8) is 0 Å². The van der Waals surface area contributed by atoms with E-state index in [9.17, 15) is 0 Å². The van der Waals surface area contributed by atoms with Gasteiger partial charge in [0.05, 0.1) is 19.3 Å². The molecule has 0 aromatic heterocycles. The van der Waals surface area contributed by atoms with Gasteiger partial charge in [-0.1, -0.05) is 17.7 Å². The van der Waals surface area contributed by atoms with Crippen LogP contribution in [0.5, 0.6) is 0 Å². The third-order valence-corrected chi connectivity index (χ3v) is 4.15. The monoisotopic (exact) mass is 312 g/mol. The van der Waals surface area contributed by atoms with E-state index in [0.717, 1.165) is 36.8 Å². The molecule has 2 atom stereocenters. The van der Waals surface area contributed by atoms with Crippen molar-refractivity contribution in [2.45, 2.75) is 32.5 Å². The fraction of sp³-hybridized carbons (Fsp3) is 0.625. The molecular formula is C16H25ClN2O2. The molecule has 118 valence electrons. The van der Waals surface area contributed by atoms with Gasteiger partial charge in [-0.15, -0.1) is 0 Å². The second kappa shape index (κ2) is 7.99. The number of ether oxygens (including phenoxy) is 2. The van der Waals surface area contributed by atoms with Gasteiger partial charge in [-0.05, 0) is 26.0 Å². The van der Waals surface area contributed by atoms with Crippen LogP contribution >= 0.6 is 11.6 Å². The minimum absolute atomic E-state index is 0.245. The zero-order valence-corrected chi connectivity index (χ0v) is 13.8. The van der Waals surface area contributed by atoms with Crippen LogP contribution in [0.2, 0.25) is 5.02 Å². The zero-order chi connectivity index (χ0) is 15.2. The first kappa shape index (κ1) is 16.6. The molecule has 4 nitrogen and oxygen atoms in total. The van der Waals surface area contributed by atoms with Gasteiger partial charge in [-0.25, -0.2) is 0 Å². The lowest BCUT2D eigenvalue weighted by molar-refractivity contribution is 0.0343. The Balaban J connectivity index is 2.15. The summed E-state index contributed by atoms with van der Waals surface area (Å²) in [6, 6.07) is 6.47. The van der Waals surface area contributed by atoms with Crippen molar-refractivity contribution in [2.75, 3.05) is 38.3 Å². The predicted octanol–water partition coefficient (Wildman–Crippen LogP) is 2.69. The predicted molar refractivity (Wildman–Crippen MR) is 87.3 cm³/mol. The lowest BCUT2D eigenvalue weighted by atomic mass is 10.1.